The summed E-state index contributed by atoms with van der Waals surface area (Å²) in [5.41, 5.74) is 0.198. The van der Waals surface area contributed by atoms with Crippen molar-refractivity contribution < 1.29 is 42.5 Å². The van der Waals surface area contributed by atoms with E-state index in [1.165, 1.54) is 25.1 Å². The maximum atomic E-state index is 14.5. The first kappa shape index (κ1) is 34.1. The molecule has 42 heavy (non-hydrogen) atoms. The van der Waals surface area contributed by atoms with Crippen LogP contribution in [0.25, 0.3) is 0 Å². The monoisotopic (exact) mass is 588 g/mol. The summed E-state index contributed by atoms with van der Waals surface area (Å²) in [5, 5.41) is 5.41. The molecular formula is C31H41FN2O8. The summed E-state index contributed by atoms with van der Waals surface area (Å²) in [6, 6.07) is 12.0. The van der Waals surface area contributed by atoms with Crippen LogP contribution in [-0.4, -0.2) is 55.1 Å². The van der Waals surface area contributed by atoms with Gasteiger partial charge in [-0.3, -0.25) is 4.79 Å². The minimum Gasteiger partial charge on any atom is -0.461 e. The SMILES string of the molecule is CCCCCNC(=O)[C@H](Cc1ccc(OC(F)C(=O)OCC)c(C(=O)OCc2ccccc2)c1)NC(=O)OC(C)(C)C. The first-order valence-corrected chi connectivity index (χ1v) is 14.0. The minimum atomic E-state index is -2.48. The highest BCUT2D eigenvalue weighted by Gasteiger charge is 2.27. The number of hydrogen-bond acceptors (Lipinski definition) is 8. The molecule has 2 atom stereocenters. The molecule has 2 N–H and O–H groups in total. The number of benzene rings is 2. The lowest BCUT2D eigenvalue weighted by Crippen LogP contribution is -2.49. The number of halogens is 1. The van der Waals surface area contributed by atoms with E-state index in [1.807, 2.05) is 13.0 Å². The summed E-state index contributed by atoms with van der Waals surface area (Å²) in [6.45, 7) is 8.97. The fraction of sp³-hybridized carbons (Fsp3) is 0.484. The Balaban J connectivity index is 2.33. The first-order valence-electron chi connectivity index (χ1n) is 14.0. The van der Waals surface area contributed by atoms with Gasteiger partial charge in [0, 0.05) is 13.0 Å². The molecule has 0 fully saturated rings. The van der Waals surface area contributed by atoms with Crippen molar-refractivity contribution in [3.05, 3.63) is 65.2 Å². The normalized spacial score (nSPS) is 12.4. The summed E-state index contributed by atoms with van der Waals surface area (Å²) in [4.78, 5) is 50.5. The second-order valence-corrected chi connectivity index (χ2v) is 10.5. The number of alkyl carbamates (subject to hydrolysis) is 1. The number of unbranched alkanes of at least 4 members (excludes halogenated alkanes) is 2. The molecule has 2 rings (SSSR count). The molecule has 230 valence electrons. The second-order valence-electron chi connectivity index (χ2n) is 10.5. The van der Waals surface area contributed by atoms with E-state index in [-0.39, 0.29) is 30.9 Å². The van der Waals surface area contributed by atoms with E-state index in [1.54, 1.807) is 45.0 Å². The zero-order valence-electron chi connectivity index (χ0n) is 24.9. The van der Waals surface area contributed by atoms with E-state index in [0.29, 0.717) is 12.1 Å². The van der Waals surface area contributed by atoms with Crippen LogP contribution in [0.4, 0.5) is 9.18 Å². The van der Waals surface area contributed by atoms with Gasteiger partial charge in [-0.05, 0) is 57.4 Å². The second kappa shape index (κ2) is 17.0. The molecule has 0 saturated heterocycles. The van der Waals surface area contributed by atoms with Crippen LogP contribution in [0.15, 0.2) is 48.5 Å². The van der Waals surface area contributed by atoms with Crippen LogP contribution < -0.4 is 15.4 Å². The van der Waals surface area contributed by atoms with Gasteiger partial charge in [-0.25, -0.2) is 14.4 Å². The van der Waals surface area contributed by atoms with Gasteiger partial charge >= 0.3 is 24.4 Å². The Morgan fingerprint density at radius 3 is 2.29 bits per heavy atom. The summed E-state index contributed by atoms with van der Waals surface area (Å²) in [6.07, 6.45) is -0.615. The maximum Gasteiger partial charge on any atom is 0.408 e. The van der Waals surface area contributed by atoms with Gasteiger partial charge in [0.25, 0.3) is 0 Å². The lowest BCUT2D eigenvalue weighted by atomic mass is 10.0. The first-order chi connectivity index (χ1) is 19.9. The average molecular weight is 589 g/mol. The number of ether oxygens (including phenoxy) is 4. The fourth-order valence-electron chi connectivity index (χ4n) is 3.74. The van der Waals surface area contributed by atoms with Crippen molar-refractivity contribution in [1.29, 1.82) is 0 Å². The lowest BCUT2D eigenvalue weighted by Gasteiger charge is -2.23. The number of carbonyl (C=O) groups is 4. The number of nitrogens with one attached hydrogen (secondary N) is 2. The molecule has 0 bridgehead atoms. The molecule has 2 amide bonds. The molecule has 0 saturated carbocycles. The third-order valence-electron chi connectivity index (χ3n) is 5.71. The van der Waals surface area contributed by atoms with Crippen molar-refractivity contribution in [2.45, 2.75) is 84.9 Å². The molecule has 2 aromatic carbocycles. The third-order valence-corrected chi connectivity index (χ3v) is 5.71. The third kappa shape index (κ3) is 12.2. The molecule has 0 aliphatic rings. The van der Waals surface area contributed by atoms with Gasteiger partial charge in [-0.15, -0.1) is 0 Å². The Hall–Kier alpha value is -4.15. The zero-order chi connectivity index (χ0) is 31.1. The van der Waals surface area contributed by atoms with Crippen LogP contribution in [0.5, 0.6) is 5.75 Å². The molecule has 0 heterocycles. The van der Waals surface area contributed by atoms with E-state index in [4.69, 9.17) is 14.2 Å². The molecule has 0 aromatic heterocycles. The van der Waals surface area contributed by atoms with Crippen molar-refractivity contribution >= 4 is 23.9 Å². The molecule has 11 heteroatoms. The van der Waals surface area contributed by atoms with Crippen LogP contribution in [0.2, 0.25) is 0 Å². The van der Waals surface area contributed by atoms with Crippen molar-refractivity contribution in [2.75, 3.05) is 13.2 Å². The van der Waals surface area contributed by atoms with Gasteiger partial charge in [0.2, 0.25) is 5.91 Å². The van der Waals surface area contributed by atoms with Crippen LogP contribution in [0.3, 0.4) is 0 Å². The molecule has 1 unspecified atom stereocenters. The number of alkyl halides is 1. The predicted molar refractivity (Wildman–Crippen MR) is 154 cm³/mol. The smallest absolute Gasteiger partial charge is 0.408 e. The van der Waals surface area contributed by atoms with Gasteiger partial charge in [0.1, 0.15) is 29.6 Å². The van der Waals surface area contributed by atoms with E-state index < -0.39 is 41.9 Å². The predicted octanol–water partition coefficient (Wildman–Crippen LogP) is 5.02. The lowest BCUT2D eigenvalue weighted by molar-refractivity contribution is -0.159. The average Bonchev–Trinajstić information content (AvgIpc) is 2.94. The summed E-state index contributed by atoms with van der Waals surface area (Å²) in [5.74, 6) is -2.77. The Kier molecular flexibility index (Phi) is 13.7. The summed E-state index contributed by atoms with van der Waals surface area (Å²) in [7, 11) is 0. The summed E-state index contributed by atoms with van der Waals surface area (Å²) >= 11 is 0. The Labute approximate surface area is 246 Å². The largest absolute Gasteiger partial charge is 0.461 e. The fourth-order valence-corrected chi connectivity index (χ4v) is 3.74. The molecular weight excluding hydrogens is 547 g/mol. The van der Waals surface area contributed by atoms with Crippen LogP contribution >= 0.6 is 0 Å². The molecule has 0 spiro atoms. The van der Waals surface area contributed by atoms with Crippen molar-refractivity contribution in [2.24, 2.45) is 0 Å². The highest BCUT2D eigenvalue weighted by molar-refractivity contribution is 5.93. The Morgan fingerprint density at radius 2 is 1.64 bits per heavy atom. The van der Waals surface area contributed by atoms with Crippen molar-refractivity contribution in [3.8, 4) is 5.75 Å². The quantitative estimate of drug-likeness (QED) is 0.169. The Bertz CT molecular complexity index is 1180. The highest BCUT2D eigenvalue weighted by atomic mass is 19.1. The maximum absolute atomic E-state index is 14.5. The molecule has 0 aliphatic carbocycles. The number of rotatable bonds is 15. The van der Waals surface area contributed by atoms with Gasteiger partial charge in [-0.2, -0.15) is 4.39 Å². The number of carbonyl (C=O) groups excluding carboxylic acids is 4. The van der Waals surface area contributed by atoms with E-state index in [0.717, 1.165) is 24.8 Å². The minimum absolute atomic E-state index is 0.0327. The van der Waals surface area contributed by atoms with Crippen molar-refractivity contribution in [1.82, 2.24) is 10.6 Å². The van der Waals surface area contributed by atoms with E-state index in [9.17, 15) is 23.6 Å². The molecule has 2 aromatic rings. The number of amides is 2. The highest BCUT2D eigenvalue weighted by Crippen LogP contribution is 2.25. The van der Waals surface area contributed by atoms with E-state index in [2.05, 4.69) is 15.4 Å². The topological polar surface area (TPSA) is 129 Å². The van der Waals surface area contributed by atoms with Crippen LogP contribution in [0, 0.1) is 0 Å². The van der Waals surface area contributed by atoms with Crippen molar-refractivity contribution in [3.63, 3.8) is 0 Å². The molecule has 0 radical (unpaired) electrons. The Morgan fingerprint density at radius 1 is 0.929 bits per heavy atom. The van der Waals surface area contributed by atoms with Gasteiger partial charge in [0.05, 0.1) is 6.61 Å². The van der Waals surface area contributed by atoms with Gasteiger partial charge < -0.3 is 29.6 Å². The molecule has 0 aliphatic heterocycles. The van der Waals surface area contributed by atoms with Crippen LogP contribution in [-0.2, 0) is 36.8 Å². The van der Waals surface area contributed by atoms with Gasteiger partial charge in [-0.1, -0.05) is 56.2 Å². The van der Waals surface area contributed by atoms with Crippen LogP contribution in [0.1, 0.15) is 75.4 Å². The van der Waals surface area contributed by atoms with E-state index >= 15 is 0 Å². The number of esters is 2. The summed E-state index contributed by atoms with van der Waals surface area (Å²) < 4.78 is 35.0. The zero-order valence-corrected chi connectivity index (χ0v) is 24.9. The molecule has 10 nitrogen and oxygen atoms in total. The number of hydrogen-bond donors (Lipinski definition) is 2. The van der Waals surface area contributed by atoms with Gasteiger partial charge in [0.15, 0.2) is 0 Å². The standard InChI is InChI=1S/C31H41FN2O8/c1-6-8-12-17-33-27(35)24(34-30(38)42-31(3,4)5)19-22-15-16-25(41-26(32)29(37)39-7-2)23(18-22)28(36)40-20-21-13-10-9-11-14-21/h9-11,13-16,18,24,26H,6-8,12,17,19-20H2,1-5H3,(H,33,35)(H,34,38)/t24-,26?/m0/s1.